The van der Waals surface area contributed by atoms with Crippen LogP contribution in [-0.4, -0.2) is 44.5 Å². The first kappa shape index (κ1) is 16.8. The number of piperidine rings is 1. The van der Waals surface area contributed by atoms with Gasteiger partial charge in [-0.1, -0.05) is 12.8 Å². The van der Waals surface area contributed by atoms with Crippen molar-refractivity contribution in [1.82, 2.24) is 14.5 Å². The second-order valence-corrected chi connectivity index (χ2v) is 7.58. The smallest absolute Gasteiger partial charge is 0.311 e. The molecule has 1 aromatic carbocycles. The third-order valence-electron chi connectivity index (χ3n) is 5.61. The first-order chi connectivity index (χ1) is 12.6. The molecule has 2 fully saturated rings. The highest BCUT2D eigenvalue weighted by Crippen LogP contribution is 2.45. The monoisotopic (exact) mass is 353 g/mol. The average Bonchev–Trinajstić information content (AvgIpc) is 3.29. The molecule has 1 saturated heterocycles. The summed E-state index contributed by atoms with van der Waals surface area (Å²) in [6.45, 7) is 0.947. The van der Waals surface area contributed by atoms with E-state index in [1.165, 1.54) is 0 Å². The van der Waals surface area contributed by atoms with Gasteiger partial charge in [-0.25, -0.2) is 4.98 Å². The summed E-state index contributed by atoms with van der Waals surface area (Å²) in [6, 6.07) is 7.37. The lowest BCUT2D eigenvalue weighted by Crippen LogP contribution is -2.50. The first-order valence-electron chi connectivity index (χ1n) is 9.18. The Morgan fingerprint density at radius 2 is 2.00 bits per heavy atom. The average molecular weight is 353 g/mol. The third-order valence-corrected chi connectivity index (χ3v) is 5.61. The third kappa shape index (κ3) is 3.23. The molecule has 0 spiro atoms. The molecule has 6 heteroatoms. The number of likely N-dealkylation sites (tertiary alicyclic amines) is 1. The fraction of sp³-hybridized carbons (Fsp3) is 0.450. The summed E-state index contributed by atoms with van der Waals surface area (Å²) < 4.78 is 1.88. The highest BCUT2D eigenvalue weighted by molar-refractivity contribution is 5.95. The summed E-state index contributed by atoms with van der Waals surface area (Å²) in [7, 11) is 0. The van der Waals surface area contributed by atoms with Gasteiger partial charge in [0.2, 0.25) is 0 Å². The molecule has 2 heterocycles. The maximum Gasteiger partial charge on any atom is 0.311 e. The van der Waals surface area contributed by atoms with Crippen LogP contribution in [0.5, 0.6) is 0 Å². The van der Waals surface area contributed by atoms with E-state index >= 15 is 0 Å². The van der Waals surface area contributed by atoms with Crippen LogP contribution in [0.4, 0.5) is 0 Å². The van der Waals surface area contributed by atoms with Crippen molar-refractivity contribution in [2.45, 2.75) is 32.1 Å². The van der Waals surface area contributed by atoms with Crippen LogP contribution in [0.15, 0.2) is 43.0 Å². The van der Waals surface area contributed by atoms with Gasteiger partial charge in [0.15, 0.2) is 0 Å². The molecule has 1 aromatic heterocycles. The van der Waals surface area contributed by atoms with Crippen molar-refractivity contribution in [3.8, 4) is 5.69 Å². The van der Waals surface area contributed by atoms with Gasteiger partial charge < -0.3 is 14.6 Å². The van der Waals surface area contributed by atoms with Crippen LogP contribution in [0.2, 0.25) is 0 Å². The molecule has 1 unspecified atom stereocenters. The maximum atomic E-state index is 12.9. The number of carbonyl (C=O) groups excluding carboxylic acids is 1. The second-order valence-electron chi connectivity index (χ2n) is 7.58. The lowest BCUT2D eigenvalue weighted by Gasteiger charge is -2.40. The number of rotatable bonds is 5. The number of nitrogens with zero attached hydrogens (tertiary/aromatic N) is 3. The summed E-state index contributed by atoms with van der Waals surface area (Å²) in [5.41, 5.74) is 0.763. The van der Waals surface area contributed by atoms with Crippen LogP contribution in [0.3, 0.4) is 0 Å². The summed E-state index contributed by atoms with van der Waals surface area (Å²) in [5.74, 6) is -0.309. The SMILES string of the molecule is O=C(c1ccc(-n2ccnc2)cc1)N1CCCC(CC2CC2)(C(=O)O)C1. The fourth-order valence-electron chi connectivity index (χ4n) is 3.98. The zero-order valence-corrected chi connectivity index (χ0v) is 14.7. The number of aliphatic carboxylic acids is 1. The number of hydrogen-bond donors (Lipinski definition) is 1. The number of amides is 1. The van der Waals surface area contributed by atoms with Gasteiger partial charge in [-0.3, -0.25) is 9.59 Å². The first-order valence-corrected chi connectivity index (χ1v) is 9.18. The minimum atomic E-state index is -0.772. The van der Waals surface area contributed by atoms with E-state index in [1.807, 2.05) is 22.9 Å². The molecule has 4 rings (SSSR count). The number of aromatic nitrogens is 2. The van der Waals surface area contributed by atoms with Crippen molar-refractivity contribution in [3.05, 3.63) is 48.5 Å². The number of carbonyl (C=O) groups is 2. The quantitative estimate of drug-likeness (QED) is 0.897. The predicted molar refractivity (Wildman–Crippen MR) is 96.1 cm³/mol. The Hall–Kier alpha value is -2.63. The van der Waals surface area contributed by atoms with Crippen molar-refractivity contribution < 1.29 is 14.7 Å². The van der Waals surface area contributed by atoms with E-state index in [1.54, 1.807) is 29.6 Å². The number of hydrogen-bond acceptors (Lipinski definition) is 3. The van der Waals surface area contributed by atoms with Gasteiger partial charge in [0.05, 0.1) is 11.7 Å². The molecule has 136 valence electrons. The second kappa shape index (κ2) is 6.59. The van der Waals surface area contributed by atoms with Gasteiger partial charge in [0.25, 0.3) is 5.91 Å². The van der Waals surface area contributed by atoms with E-state index in [2.05, 4.69) is 4.98 Å². The van der Waals surface area contributed by atoms with Gasteiger partial charge in [-0.2, -0.15) is 0 Å². The number of imidazole rings is 1. The van der Waals surface area contributed by atoms with Gasteiger partial charge in [0.1, 0.15) is 0 Å². The molecule has 1 atom stereocenters. The van der Waals surface area contributed by atoms with Gasteiger partial charge >= 0.3 is 5.97 Å². The zero-order chi connectivity index (χ0) is 18.1. The van der Waals surface area contributed by atoms with E-state index in [9.17, 15) is 14.7 Å². The van der Waals surface area contributed by atoms with Gasteiger partial charge in [-0.05, 0) is 49.4 Å². The van der Waals surface area contributed by atoms with Crippen LogP contribution in [-0.2, 0) is 4.79 Å². The lowest BCUT2D eigenvalue weighted by molar-refractivity contribution is -0.152. The molecule has 6 nitrogen and oxygen atoms in total. The van der Waals surface area contributed by atoms with Gasteiger partial charge in [-0.15, -0.1) is 0 Å². The van der Waals surface area contributed by atoms with Crippen LogP contribution in [0.1, 0.15) is 42.5 Å². The molecule has 2 aromatic rings. The Bertz CT molecular complexity index is 796. The molecular weight excluding hydrogens is 330 g/mol. The van der Waals surface area contributed by atoms with E-state index in [0.717, 1.165) is 24.9 Å². The largest absolute Gasteiger partial charge is 0.481 e. The Kier molecular flexibility index (Phi) is 4.26. The fourth-order valence-corrected chi connectivity index (χ4v) is 3.98. The molecule has 0 radical (unpaired) electrons. The molecule has 26 heavy (non-hydrogen) atoms. The van der Waals surface area contributed by atoms with Crippen molar-refractivity contribution in [2.24, 2.45) is 11.3 Å². The minimum absolute atomic E-state index is 0.0803. The van der Waals surface area contributed by atoms with E-state index in [0.29, 0.717) is 37.4 Å². The Morgan fingerprint density at radius 1 is 1.23 bits per heavy atom. The predicted octanol–water partition coefficient (Wildman–Crippen LogP) is 2.98. The molecule has 1 amide bonds. The summed E-state index contributed by atoms with van der Waals surface area (Å²) in [4.78, 5) is 30.6. The normalized spacial score (nSPS) is 23.0. The Balaban J connectivity index is 1.51. The van der Waals surface area contributed by atoms with Crippen LogP contribution >= 0.6 is 0 Å². The van der Waals surface area contributed by atoms with Crippen LogP contribution in [0, 0.1) is 11.3 Å². The number of carboxylic acids is 1. The van der Waals surface area contributed by atoms with E-state index in [-0.39, 0.29) is 5.91 Å². The van der Waals surface area contributed by atoms with E-state index < -0.39 is 11.4 Å². The maximum absolute atomic E-state index is 12.9. The van der Waals surface area contributed by atoms with Crippen molar-refractivity contribution in [3.63, 3.8) is 0 Å². The van der Waals surface area contributed by atoms with Gasteiger partial charge in [0, 0.05) is 36.7 Å². The summed E-state index contributed by atoms with van der Waals surface area (Å²) in [6.07, 6.45) is 9.63. The van der Waals surface area contributed by atoms with Crippen LogP contribution < -0.4 is 0 Å². The lowest BCUT2D eigenvalue weighted by atomic mass is 9.75. The topological polar surface area (TPSA) is 75.4 Å². The number of carboxylic acid groups (broad SMARTS) is 1. The summed E-state index contributed by atoms with van der Waals surface area (Å²) >= 11 is 0. The molecule has 1 aliphatic heterocycles. The van der Waals surface area contributed by atoms with E-state index in [4.69, 9.17) is 0 Å². The van der Waals surface area contributed by atoms with Crippen molar-refractivity contribution >= 4 is 11.9 Å². The zero-order valence-electron chi connectivity index (χ0n) is 14.7. The Labute approximate surface area is 152 Å². The van der Waals surface area contributed by atoms with Crippen molar-refractivity contribution in [2.75, 3.05) is 13.1 Å². The highest BCUT2D eigenvalue weighted by atomic mass is 16.4. The highest BCUT2D eigenvalue weighted by Gasteiger charge is 2.46. The minimum Gasteiger partial charge on any atom is -0.481 e. The standard InChI is InChI=1S/C20H23N3O3/c24-18(16-4-6-17(7-5-16)23-11-9-21-14-23)22-10-1-8-20(13-22,19(25)26)12-15-2-3-15/h4-7,9,11,14-15H,1-3,8,10,12-13H2,(H,25,26). The van der Waals surface area contributed by atoms with Crippen molar-refractivity contribution in [1.29, 1.82) is 0 Å². The molecule has 1 aliphatic carbocycles. The molecule has 0 bridgehead atoms. The van der Waals surface area contributed by atoms with Crippen LogP contribution in [0.25, 0.3) is 5.69 Å². The summed E-state index contributed by atoms with van der Waals surface area (Å²) in [5, 5.41) is 9.83. The molecular formula is C20H23N3O3. The molecule has 2 aliphatic rings. The molecule has 1 N–H and O–H groups in total. The Morgan fingerprint density at radius 3 is 2.62 bits per heavy atom. The number of benzene rings is 1. The molecule has 1 saturated carbocycles.